The van der Waals surface area contributed by atoms with E-state index in [-0.39, 0.29) is 0 Å². The highest BCUT2D eigenvalue weighted by Gasteiger charge is 2.61. The molecule has 2 aromatic carbocycles. The summed E-state index contributed by atoms with van der Waals surface area (Å²) in [5.41, 5.74) is 1.46. The fraction of sp³-hybridized carbons (Fsp3) is 0.353. The normalized spacial score (nSPS) is 33.0. The van der Waals surface area contributed by atoms with Crippen LogP contribution in [0.15, 0.2) is 122 Å². The van der Waals surface area contributed by atoms with Crippen molar-refractivity contribution in [3.8, 4) is 0 Å². The van der Waals surface area contributed by atoms with Crippen molar-refractivity contribution in [2.45, 2.75) is 43.2 Å². The summed E-state index contributed by atoms with van der Waals surface area (Å²) in [7, 11) is -2.18. The van der Waals surface area contributed by atoms with Crippen LogP contribution in [0.1, 0.15) is 32.1 Å². The van der Waals surface area contributed by atoms with E-state index in [2.05, 4.69) is 122 Å². The number of hydrogen-bond donors (Lipinski definition) is 0. The standard InChI is InChI=1S/C34H38Si/c1-2-3-14-26-23-24-29(25-26)35(27-15-6-4-7-16-27,28-17-8-5-9-18-28)34-32-21-12-10-19-30(32)31-20-11-13-22-33(31)34/h2,4-13,15-22,26,29-34H,1,3,14,23-25H2. The third kappa shape index (κ3) is 3.80. The lowest BCUT2D eigenvalue weighted by Gasteiger charge is -2.48. The van der Waals surface area contributed by atoms with Crippen molar-refractivity contribution in [2.75, 3.05) is 0 Å². The first-order chi connectivity index (χ1) is 17.3. The predicted octanol–water partition coefficient (Wildman–Crippen LogP) is 7.49. The van der Waals surface area contributed by atoms with Crippen LogP contribution in [0.4, 0.5) is 0 Å². The highest BCUT2D eigenvalue weighted by Crippen LogP contribution is 2.61. The maximum atomic E-state index is 4.02. The van der Waals surface area contributed by atoms with Crippen LogP contribution in [0.25, 0.3) is 0 Å². The largest absolute Gasteiger partial charge is 0.125 e. The zero-order chi connectivity index (χ0) is 23.7. The number of rotatable bonds is 7. The van der Waals surface area contributed by atoms with Gasteiger partial charge in [0.15, 0.2) is 0 Å². The minimum Gasteiger partial charge on any atom is -0.103 e. The van der Waals surface area contributed by atoms with Gasteiger partial charge in [0.2, 0.25) is 0 Å². The Morgan fingerprint density at radius 2 is 1.20 bits per heavy atom. The maximum Gasteiger partial charge on any atom is 0.125 e. The monoisotopic (exact) mass is 474 g/mol. The summed E-state index contributed by atoms with van der Waals surface area (Å²) in [6.45, 7) is 4.02. The van der Waals surface area contributed by atoms with Crippen LogP contribution in [-0.4, -0.2) is 8.07 Å². The Labute approximate surface area is 212 Å². The molecule has 178 valence electrons. The highest BCUT2D eigenvalue weighted by atomic mass is 28.3. The lowest BCUT2D eigenvalue weighted by Crippen LogP contribution is -2.66. The molecule has 0 heterocycles. The first-order valence-electron chi connectivity index (χ1n) is 13.8. The second kappa shape index (κ2) is 9.78. The Morgan fingerprint density at radius 3 is 1.71 bits per heavy atom. The molecule has 4 aliphatic rings. The average Bonchev–Trinajstić information content (AvgIpc) is 3.53. The zero-order valence-electron chi connectivity index (χ0n) is 20.8. The summed E-state index contributed by atoms with van der Waals surface area (Å²) in [6.07, 6.45) is 28.3. The van der Waals surface area contributed by atoms with E-state index in [4.69, 9.17) is 0 Å². The molecular weight excluding hydrogens is 436 g/mol. The Kier molecular flexibility index (Phi) is 6.37. The van der Waals surface area contributed by atoms with Gasteiger partial charge in [-0.15, -0.1) is 6.58 Å². The number of allylic oxidation sites excluding steroid dienone is 9. The number of fused-ring (bicyclic) bond motifs is 3. The molecule has 0 radical (unpaired) electrons. The van der Waals surface area contributed by atoms with E-state index in [1.807, 2.05) is 0 Å². The molecule has 6 rings (SSSR count). The topological polar surface area (TPSA) is 0 Å². The summed E-state index contributed by atoms with van der Waals surface area (Å²) in [5, 5.41) is 3.33. The van der Waals surface area contributed by atoms with Crippen molar-refractivity contribution < 1.29 is 0 Å². The van der Waals surface area contributed by atoms with Gasteiger partial charge in [-0.3, -0.25) is 0 Å². The molecule has 0 N–H and O–H groups in total. The van der Waals surface area contributed by atoms with Gasteiger partial charge in [0.1, 0.15) is 8.07 Å². The van der Waals surface area contributed by atoms with Gasteiger partial charge in [-0.2, -0.15) is 0 Å². The first-order valence-corrected chi connectivity index (χ1v) is 15.9. The lowest BCUT2D eigenvalue weighted by molar-refractivity contribution is 0.461. The van der Waals surface area contributed by atoms with Crippen molar-refractivity contribution in [1.29, 1.82) is 0 Å². The summed E-state index contributed by atoms with van der Waals surface area (Å²) in [6, 6.07) is 23.7. The van der Waals surface area contributed by atoms with E-state index in [0.29, 0.717) is 29.2 Å². The van der Waals surface area contributed by atoms with Gasteiger partial charge in [-0.1, -0.05) is 139 Å². The molecule has 35 heavy (non-hydrogen) atoms. The lowest BCUT2D eigenvalue weighted by atomic mass is 9.83. The van der Waals surface area contributed by atoms with Gasteiger partial charge in [-0.05, 0) is 59.9 Å². The second-order valence-electron chi connectivity index (χ2n) is 11.2. The zero-order valence-corrected chi connectivity index (χ0v) is 21.8. The molecule has 4 aliphatic carbocycles. The van der Waals surface area contributed by atoms with Crippen molar-refractivity contribution >= 4 is 18.4 Å². The molecule has 1 heteroatoms. The van der Waals surface area contributed by atoms with Crippen LogP contribution in [0.5, 0.6) is 0 Å². The fourth-order valence-electron chi connectivity index (χ4n) is 8.46. The minimum atomic E-state index is -2.18. The second-order valence-corrected chi connectivity index (χ2v) is 15.6. The summed E-state index contributed by atoms with van der Waals surface area (Å²) >= 11 is 0. The van der Waals surface area contributed by atoms with Crippen molar-refractivity contribution in [3.63, 3.8) is 0 Å². The van der Waals surface area contributed by atoms with Gasteiger partial charge in [0, 0.05) is 0 Å². The molecule has 0 nitrogen and oxygen atoms in total. The molecule has 0 aliphatic heterocycles. The number of hydrogen-bond acceptors (Lipinski definition) is 0. The summed E-state index contributed by atoms with van der Waals surface area (Å²) in [5.74, 6) is 3.30. The molecular formula is C34H38Si. The molecule has 0 bridgehead atoms. The maximum absolute atomic E-state index is 4.02. The van der Waals surface area contributed by atoms with Gasteiger partial charge < -0.3 is 0 Å². The van der Waals surface area contributed by atoms with Crippen LogP contribution in [0, 0.1) is 29.6 Å². The van der Waals surface area contributed by atoms with Crippen molar-refractivity contribution in [1.82, 2.24) is 0 Å². The third-order valence-corrected chi connectivity index (χ3v) is 15.9. The van der Waals surface area contributed by atoms with E-state index in [1.165, 1.54) is 25.7 Å². The van der Waals surface area contributed by atoms with Crippen molar-refractivity contribution in [2.24, 2.45) is 29.6 Å². The molecule has 6 atom stereocenters. The number of benzene rings is 2. The highest BCUT2D eigenvalue weighted by molar-refractivity contribution is 7.04. The molecule has 2 fully saturated rings. The molecule has 0 amide bonds. The Morgan fingerprint density at radius 1 is 0.686 bits per heavy atom. The molecule has 6 unspecified atom stereocenters. The van der Waals surface area contributed by atoms with E-state index in [0.717, 1.165) is 17.9 Å². The van der Waals surface area contributed by atoms with Crippen LogP contribution in [0.3, 0.4) is 0 Å². The van der Waals surface area contributed by atoms with E-state index >= 15 is 0 Å². The van der Waals surface area contributed by atoms with Crippen LogP contribution < -0.4 is 10.4 Å². The Hall–Kier alpha value is -2.64. The van der Waals surface area contributed by atoms with Gasteiger partial charge in [0.25, 0.3) is 0 Å². The van der Waals surface area contributed by atoms with Crippen LogP contribution in [-0.2, 0) is 0 Å². The molecule has 0 aromatic heterocycles. The smallest absolute Gasteiger partial charge is 0.103 e. The molecule has 2 aromatic rings. The van der Waals surface area contributed by atoms with E-state index < -0.39 is 8.07 Å². The van der Waals surface area contributed by atoms with Gasteiger partial charge in [-0.25, -0.2) is 0 Å². The van der Waals surface area contributed by atoms with Crippen LogP contribution >= 0.6 is 0 Å². The summed E-state index contributed by atoms with van der Waals surface area (Å²) in [4.78, 5) is 0. The van der Waals surface area contributed by atoms with Crippen LogP contribution in [0.2, 0.25) is 11.1 Å². The van der Waals surface area contributed by atoms with Gasteiger partial charge in [0.05, 0.1) is 0 Å². The molecule has 0 saturated heterocycles. The Balaban J connectivity index is 1.57. The SMILES string of the molecule is C=CCCC1CCC([Si](c2ccccc2)(c2ccccc2)C2C3C=CC=CC3C3C=CC=CC32)C1. The quantitative estimate of drug-likeness (QED) is 0.288. The fourth-order valence-corrected chi connectivity index (χ4v) is 15.7. The minimum absolute atomic E-state index is 0.613. The molecule has 2 saturated carbocycles. The Bertz CT molecular complexity index is 1060. The van der Waals surface area contributed by atoms with E-state index in [9.17, 15) is 0 Å². The average molecular weight is 475 g/mol. The third-order valence-electron chi connectivity index (χ3n) is 9.71. The first kappa shape index (κ1) is 22.8. The van der Waals surface area contributed by atoms with Gasteiger partial charge >= 0.3 is 0 Å². The van der Waals surface area contributed by atoms with E-state index in [1.54, 1.807) is 10.4 Å². The van der Waals surface area contributed by atoms with Crippen molar-refractivity contribution in [3.05, 3.63) is 122 Å². The predicted molar refractivity (Wildman–Crippen MR) is 153 cm³/mol. The summed E-state index contributed by atoms with van der Waals surface area (Å²) < 4.78 is 0. The molecule has 0 spiro atoms.